The molecular formula is C32H52O2. The summed E-state index contributed by atoms with van der Waals surface area (Å²) in [5, 5.41) is 0. The van der Waals surface area contributed by atoms with Gasteiger partial charge in [-0.05, 0) is 110 Å². The third-order valence-corrected chi connectivity index (χ3v) is 12.1. The summed E-state index contributed by atoms with van der Waals surface area (Å²) >= 11 is 0. The van der Waals surface area contributed by atoms with Crippen molar-refractivity contribution in [1.29, 1.82) is 0 Å². The molecule has 8 atom stereocenters. The molecule has 0 aromatic carbocycles. The zero-order valence-electron chi connectivity index (χ0n) is 23.6. The van der Waals surface area contributed by atoms with E-state index in [9.17, 15) is 4.79 Å². The third kappa shape index (κ3) is 3.94. The molecule has 4 aliphatic rings. The van der Waals surface area contributed by atoms with Crippen molar-refractivity contribution >= 4 is 5.97 Å². The van der Waals surface area contributed by atoms with Crippen LogP contribution in [0.5, 0.6) is 0 Å². The average Bonchev–Trinajstić information content (AvgIpc) is 3.05. The van der Waals surface area contributed by atoms with Gasteiger partial charge in [0.1, 0.15) is 6.10 Å². The Kier molecular flexibility index (Phi) is 6.98. The van der Waals surface area contributed by atoms with Gasteiger partial charge in [-0.3, -0.25) is 4.79 Å². The number of carbonyl (C=O) groups is 1. The van der Waals surface area contributed by atoms with Crippen molar-refractivity contribution in [2.45, 2.75) is 126 Å². The number of rotatable bonds is 6. The first-order chi connectivity index (χ1) is 15.8. The van der Waals surface area contributed by atoms with E-state index in [0.29, 0.717) is 34.0 Å². The van der Waals surface area contributed by atoms with Gasteiger partial charge in [0, 0.05) is 6.92 Å². The number of fused-ring (bicyclic) bond motifs is 4. The Bertz CT molecular complexity index is 851. The van der Waals surface area contributed by atoms with Crippen LogP contribution in [0.3, 0.4) is 0 Å². The fraction of sp³-hybridized carbons (Fsp3) is 0.844. The molecule has 0 heterocycles. The van der Waals surface area contributed by atoms with Gasteiger partial charge >= 0.3 is 5.97 Å². The smallest absolute Gasteiger partial charge is 0.302 e. The number of carbonyl (C=O) groups excluding carboxylic acids is 1. The maximum atomic E-state index is 11.7. The summed E-state index contributed by atoms with van der Waals surface area (Å²) in [7, 11) is 0. The molecule has 4 aliphatic carbocycles. The van der Waals surface area contributed by atoms with Gasteiger partial charge < -0.3 is 4.74 Å². The molecule has 8 unspecified atom stereocenters. The van der Waals surface area contributed by atoms with Crippen LogP contribution >= 0.6 is 0 Å². The Morgan fingerprint density at radius 2 is 1.74 bits per heavy atom. The van der Waals surface area contributed by atoms with Crippen LogP contribution in [0.2, 0.25) is 0 Å². The molecule has 0 bridgehead atoms. The van der Waals surface area contributed by atoms with E-state index in [2.05, 4.69) is 55.0 Å². The van der Waals surface area contributed by atoms with E-state index < -0.39 is 0 Å². The minimum atomic E-state index is -0.111. The fourth-order valence-electron chi connectivity index (χ4n) is 9.52. The Hall–Kier alpha value is -1.05. The standard InChI is InChI=1S/C32H52O2/c1-20(2)21(3)10-11-22(4)25-14-18-32(9)28-13-12-26-23(5)29(34-24(6)33)16-17-30(26,7)27(28)15-19-31(25,32)8/h20,22-23,25-26,29H,3,10-19H2,1-2,4-9H3. The second-order valence-electron chi connectivity index (χ2n) is 13.8. The molecule has 0 radical (unpaired) electrons. The highest BCUT2D eigenvalue weighted by molar-refractivity contribution is 5.66. The molecule has 0 saturated heterocycles. The number of ether oxygens (including phenoxy) is 1. The van der Waals surface area contributed by atoms with Gasteiger partial charge in [0.05, 0.1) is 0 Å². The summed E-state index contributed by atoms with van der Waals surface area (Å²) in [6.07, 6.45) is 12.8. The number of esters is 1. The zero-order chi connectivity index (χ0) is 25.1. The summed E-state index contributed by atoms with van der Waals surface area (Å²) in [4.78, 5) is 11.7. The van der Waals surface area contributed by atoms with E-state index in [4.69, 9.17) is 4.74 Å². The third-order valence-electron chi connectivity index (χ3n) is 12.1. The molecule has 2 nitrogen and oxygen atoms in total. The summed E-state index contributed by atoms with van der Waals surface area (Å²) in [6.45, 7) is 23.3. The van der Waals surface area contributed by atoms with Gasteiger partial charge in [-0.2, -0.15) is 0 Å². The highest BCUT2D eigenvalue weighted by Crippen LogP contribution is 2.71. The second-order valence-corrected chi connectivity index (χ2v) is 13.8. The van der Waals surface area contributed by atoms with Crippen molar-refractivity contribution in [2.24, 2.45) is 45.8 Å². The van der Waals surface area contributed by atoms with Crippen molar-refractivity contribution in [3.05, 3.63) is 23.3 Å². The normalized spacial score (nSPS) is 42.6. The Labute approximate surface area is 210 Å². The van der Waals surface area contributed by atoms with E-state index in [1.165, 1.54) is 63.4 Å². The molecule has 0 amide bonds. The molecule has 0 spiro atoms. The van der Waals surface area contributed by atoms with Crippen molar-refractivity contribution in [3.8, 4) is 0 Å². The van der Waals surface area contributed by atoms with Crippen LogP contribution in [0.1, 0.15) is 120 Å². The van der Waals surface area contributed by atoms with E-state index in [0.717, 1.165) is 18.3 Å². The molecule has 4 rings (SSSR count). The molecule has 2 saturated carbocycles. The SMILES string of the molecule is C=C(CCC(C)C1CCC2(C)C3=C(CCC12C)C1(C)CCC(OC(C)=O)C(C)C1CC3)C(C)C. The van der Waals surface area contributed by atoms with Crippen LogP contribution in [0.25, 0.3) is 0 Å². The van der Waals surface area contributed by atoms with Crippen LogP contribution in [0.15, 0.2) is 23.3 Å². The van der Waals surface area contributed by atoms with E-state index >= 15 is 0 Å². The zero-order valence-corrected chi connectivity index (χ0v) is 23.6. The summed E-state index contributed by atoms with van der Waals surface area (Å²) in [5.41, 5.74) is 6.20. The van der Waals surface area contributed by atoms with E-state index in [-0.39, 0.29) is 12.1 Å². The molecule has 0 aromatic rings. The van der Waals surface area contributed by atoms with Gasteiger partial charge in [-0.15, -0.1) is 0 Å². The Morgan fingerprint density at radius 3 is 2.38 bits per heavy atom. The topological polar surface area (TPSA) is 26.3 Å². The second kappa shape index (κ2) is 9.11. The molecule has 0 N–H and O–H groups in total. The number of allylic oxidation sites excluding steroid dienone is 3. The molecule has 2 fully saturated rings. The highest BCUT2D eigenvalue weighted by atomic mass is 16.5. The molecule has 192 valence electrons. The van der Waals surface area contributed by atoms with Crippen LogP contribution in [-0.2, 0) is 9.53 Å². The lowest BCUT2D eigenvalue weighted by Crippen LogP contribution is -2.52. The van der Waals surface area contributed by atoms with E-state index in [1.807, 2.05) is 11.1 Å². The van der Waals surface area contributed by atoms with Gasteiger partial charge in [-0.25, -0.2) is 0 Å². The maximum Gasteiger partial charge on any atom is 0.302 e. The monoisotopic (exact) mass is 468 g/mol. The average molecular weight is 469 g/mol. The molecule has 0 aromatic heterocycles. The lowest BCUT2D eigenvalue weighted by Gasteiger charge is -2.60. The predicted molar refractivity (Wildman–Crippen MR) is 142 cm³/mol. The van der Waals surface area contributed by atoms with E-state index in [1.54, 1.807) is 6.92 Å². The van der Waals surface area contributed by atoms with Crippen LogP contribution in [0.4, 0.5) is 0 Å². The lowest BCUT2D eigenvalue weighted by molar-refractivity contribution is -0.155. The Morgan fingerprint density at radius 1 is 1.03 bits per heavy atom. The largest absolute Gasteiger partial charge is 0.462 e. The quantitative estimate of drug-likeness (QED) is 0.287. The number of hydrogen-bond acceptors (Lipinski definition) is 2. The minimum Gasteiger partial charge on any atom is -0.462 e. The van der Waals surface area contributed by atoms with Gasteiger partial charge in [-0.1, -0.05) is 71.8 Å². The van der Waals surface area contributed by atoms with Crippen molar-refractivity contribution < 1.29 is 9.53 Å². The van der Waals surface area contributed by atoms with Gasteiger partial charge in [0.15, 0.2) is 0 Å². The van der Waals surface area contributed by atoms with Crippen LogP contribution in [0, 0.1) is 45.8 Å². The fourth-order valence-corrected chi connectivity index (χ4v) is 9.52. The Balaban J connectivity index is 1.58. The number of hydrogen-bond donors (Lipinski definition) is 0. The molecule has 2 heteroatoms. The first-order valence-corrected chi connectivity index (χ1v) is 14.4. The lowest BCUT2D eigenvalue weighted by atomic mass is 9.45. The summed E-state index contributed by atoms with van der Waals surface area (Å²) in [6, 6.07) is 0. The van der Waals surface area contributed by atoms with Crippen molar-refractivity contribution in [3.63, 3.8) is 0 Å². The minimum absolute atomic E-state index is 0.111. The van der Waals surface area contributed by atoms with Gasteiger partial charge in [0.25, 0.3) is 0 Å². The van der Waals surface area contributed by atoms with Crippen molar-refractivity contribution in [1.82, 2.24) is 0 Å². The van der Waals surface area contributed by atoms with Crippen LogP contribution in [-0.4, -0.2) is 12.1 Å². The first kappa shape index (κ1) is 26.0. The van der Waals surface area contributed by atoms with Gasteiger partial charge in [0.2, 0.25) is 0 Å². The summed E-state index contributed by atoms with van der Waals surface area (Å²) < 4.78 is 5.77. The predicted octanol–water partition coefficient (Wildman–Crippen LogP) is 8.91. The molecule has 34 heavy (non-hydrogen) atoms. The molecular weight excluding hydrogens is 416 g/mol. The summed E-state index contributed by atoms with van der Waals surface area (Å²) in [5.74, 6) is 3.21. The van der Waals surface area contributed by atoms with Crippen LogP contribution < -0.4 is 0 Å². The first-order valence-electron chi connectivity index (χ1n) is 14.4. The highest BCUT2D eigenvalue weighted by Gasteiger charge is 2.62. The molecule has 0 aliphatic heterocycles. The van der Waals surface area contributed by atoms with Crippen molar-refractivity contribution in [2.75, 3.05) is 0 Å². The maximum absolute atomic E-state index is 11.7.